The highest BCUT2D eigenvalue weighted by Crippen LogP contribution is 2.36. The molecule has 8 rings (SSSR count). The molecule has 5 N–H and O–H groups in total. The maximum atomic E-state index is 13.4. The lowest BCUT2D eigenvalue weighted by Gasteiger charge is -2.29. The summed E-state index contributed by atoms with van der Waals surface area (Å²) in [5, 5.41) is 17.6. The number of fused-ring (bicyclic) bond motifs is 1. The lowest BCUT2D eigenvalue weighted by molar-refractivity contribution is -0.135. The number of benzene rings is 4. The number of nitrogens with one attached hydrogen (secondary N) is 4. The molecule has 298 valence electrons. The number of aromatic nitrogens is 4. The van der Waals surface area contributed by atoms with E-state index in [1.54, 1.807) is 4.90 Å². The van der Waals surface area contributed by atoms with E-state index in [-0.39, 0.29) is 30.0 Å². The molecular weight excluding hydrogens is 725 g/mol. The first-order chi connectivity index (χ1) is 28.2. The van der Waals surface area contributed by atoms with Crippen LogP contribution in [0.25, 0.3) is 44.4 Å². The van der Waals surface area contributed by atoms with Gasteiger partial charge in [0.2, 0.25) is 5.91 Å². The second-order valence-electron chi connectivity index (χ2n) is 15.9. The van der Waals surface area contributed by atoms with E-state index in [9.17, 15) is 14.7 Å². The molecule has 0 aliphatic carbocycles. The van der Waals surface area contributed by atoms with Gasteiger partial charge in [-0.1, -0.05) is 98.8 Å². The molecule has 2 fully saturated rings. The van der Waals surface area contributed by atoms with Crippen LogP contribution in [-0.4, -0.2) is 72.5 Å². The summed E-state index contributed by atoms with van der Waals surface area (Å²) in [6.07, 6.45) is 10.5. The molecule has 11 heteroatoms. The third-order valence-corrected chi connectivity index (χ3v) is 11.7. The summed E-state index contributed by atoms with van der Waals surface area (Å²) in [5.74, 6) is 1.36. The van der Waals surface area contributed by atoms with Crippen LogP contribution in [0.2, 0.25) is 0 Å². The third-order valence-electron chi connectivity index (χ3n) is 11.7. The Morgan fingerprint density at radius 1 is 0.793 bits per heavy atom. The van der Waals surface area contributed by atoms with Gasteiger partial charge in [-0.05, 0) is 96.4 Å². The minimum absolute atomic E-state index is 0.171. The van der Waals surface area contributed by atoms with Gasteiger partial charge in [0.15, 0.2) is 0 Å². The minimum Gasteiger partial charge on any atom is -0.465 e. The molecule has 2 aliphatic rings. The maximum Gasteiger partial charge on any atom is 0.405 e. The van der Waals surface area contributed by atoms with E-state index >= 15 is 0 Å². The van der Waals surface area contributed by atoms with Crippen molar-refractivity contribution >= 4 is 22.8 Å². The number of hydrogen-bond acceptors (Lipinski definition) is 6. The number of likely N-dealkylation sites (tertiary alicyclic amines) is 2. The summed E-state index contributed by atoms with van der Waals surface area (Å²) in [7, 11) is 0. The molecule has 4 atom stereocenters. The molecule has 0 saturated carbocycles. The van der Waals surface area contributed by atoms with Gasteiger partial charge in [-0.3, -0.25) is 9.69 Å². The van der Waals surface area contributed by atoms with E-state index in [2.05, 4.69) is 116 Å². The Bertz CT molecular complexity index is 2380. The molecule has 2 saturated heterocycles. The van der Waals surface area contributed by atoms with Crippen molar-refractivity contribution in [3.8, 4) is 33.6 Å². The first-order valence-corrected chi connectivity index (χ1v) is 20.5. The Hall–Kier alpha value is -6.20. The maximum absolute atomic E-state index is 13.4. The van der Waals surface area contributed by atoms with E-state index in [1.165, 1.54) is 5.56 Å². The van der Waals surface area contributed by atoms with Crippen LogP contribution in [0.3, 0.4) is 0 Å². The average molecular weight is 777 g/mol. The number of carbonyl (C=O) groups excluding carboxylic acids is 1. The van der Waals surface area contributed by atoms with E-state index in [0.717, 1.165) is 94.8 Å². The van der Waals surface area contributed by atoms with Crippen molar-refractivity contribution in [2.75, 3.05) is 19.6 Å². The van der Waals surface area contributed by atoms with Crippen molar-refractivity contribution in [2.24, 2.45) is 5.92 Å². The fraction of sp³-hybridized carbons (Fsp3) is 0.319. The van der Waals surface area contributed by atoms with Crippen molar-refractivity contribution in [1.29, 1.82) is 0 Å². The van der Waals surface area contributed by atoms with Gasteiger partial charge in [0.05, 0.1) is 41.9 Å². The Balaban J connectivity index is 0.935. The van der Waals surface area contributed by atoms with E-state index in [1.807, 2.05) is 45.4 Å². The predicted octanol–water partition coefficient (Wildman–Crippen LogP) is 9.24. The first kappa shape index (κ1) is 38.7. The zero-order valence-corrected chi connectivity index (χ0v) is 33.4. The molecule has 11 nitrogen and oxygen atoms in total. The molecule has 0 radical (unpaired) electrons. The van der Waals surface area contributed by atoms with Crippen molar-refractivity contribution in [2.45, 2.75) is 70.6 Å². The monoisotopic (exact) mass is 776 g/mol. The molecule has 0 bridgehead atoms. The second kappa shape index (κ2) is 17.1. The molecule has 0 spiro atoms. The van der Waals surface area contributed by atoms with Crippen LogP contribution >= 0.6 is 0 Å². The number of carboxylic acid groups (broad SMARTS) is 1. The van der Waals surface area contributed by atoms with Gasteiger partial charge in [-0.2, -0.15) is 0 Å². The van der Waals surface area contributed by atoms with Gasteiger partial charge in [0.25, 0.3) is 0 Å². The summed E-state index contributed by atoms with van der Waals surface area (Å²) < 4.78 is 0. The van der Waals surface area contributed by atoms with Gasteiger partial charge in [-0.25, -0.2) is 14.8 Å². The molecule has 58 heavy (non-hydrogen) atoms. The lowest BCUT2D eigenvalue weighted by atomic mass is 9.98. The van der Waals surface area contributed by atoms with Crippen LogP contribution in [0, 0.1) is 5.92 Å². The quantitative estimate of drug-likeness (QED) is 0.0787. The minimum atomic E-state index is -1.20. The van der Waals surface area contributed by atoms with Crippen LogP contribution in [0.1, 0.15) is 81.8 Å². The third kappa shape index (κ3) is 8.26. The molecule has 2 aromatic heterocycles. The molecule has 2 amide bonds. The van der Waals surface area contributed by atoms with Crippen molar-refractivity contribution < 1.29 is 14.7 Å². The van der Waals surface area contributed by atoms with Crippen molar-refractivity contribution in [3.63, 3.8) is 0 Å². The number of rotatable bonds is 13. The normalized spacial score (nSPS) is 18.3. The number of imidazole rings is 2. The van der Waals surface area contributed by atoms with Gasteiger partial charge < -0.3 is 30.6 Å². The van der Waals surface area contributed by atoms with Gasteiger partial charge in [0.1, 0.15) is 17.7 Å². The smallest absolute Gasteiger partial charge is 0.405 e. The molecule has 4 aromatic carbocycles. The predicted molar refractivity (Wildman–Crippen MR) is 229 cm³/mol. The zero-order valence-electron chi connectivity index (χ0n) is 33.4. The van der Waals surface area contributed by atoms with E-state index in [0.29, 0.717) is 6.54 Å². The topological polar surface area (TPSA) is 142 Å². The second-order valence-corrected chi connectivity index (χ2v) is 15.9. The van der Waals surface area contributed by atoms with Gasteiger partial charge in [-0.15, -0.1) is 0 Å². The highest BCUT2D eigenvalue weighted by atomic mass is 16.4. The summed E-state index contributed by atoms with van der Waals surface area (Å²) in [6, 6.07) is 31.7. The number of amides is 2. The van der Waals surface area contributed by atoms with E-state index < -0.39 is 12.1 Å². The number of hydrogen-bond donors (Lipinski definition) is 5. The zero-order chi connectivity index (χ0) is 40.2. The van der Waals surface area contributed by atoms with Crippen LogP contribution in [0.15, 0.2) is 116 Å². The molecule has 6 aromatic rings. The largest absolute Gasteiger partial charge is 0.465 e. The first-order valence-electron chi connectivity index (χ1n) is 20.5. The molecule has 2 aliphatic heterocycles. The molecule has 4 heterocycles. The van der Waals surface area contributed by atoms with Crippen molar-refractivity contribution in [1.82, 2.24) is 40.4 Å². The number of carbonyl (C=O) groups is 2. The number of H-pyrrole nitrogens is 2. The summed E-state index contributed by atoms with van der Waals surface area (Å²) in [4.78, 5) is 45.9. The van der Waals surface area contributed by atoms with E-state index in [4.69, 9.17) is 9.97 Å². The lowest BCUT2D eigenvalue weighted by Crippen LogP contribution is -2.50. The summed E-state index contributed by atoms with van der Waals surface area (Å²) >= 11 is 0. The Morgan fingerprint density at radius 2 is 1.40 bits per heavy atom. The van der Waals surface area contributed by atoms with Crippen LogP contribution in [0.5, 0.6) is 0 Å². The Morgan fingerprint density at radius 3 is 2.09 bits per heavy atom. The van der Waals surface area contributed by atoms with Crippen LogP contribution < -0.4 is 10.6 Å². The molecule has 4 unspecified atom stereocenters. The summed E-state index contributed by atoms with van der Waals surface area (Å²) in [6.45, 7) is 8.25. The summed E-state index contributed by atoms with van der Waals surface area (Å²) in [5.41, 5.74) is 7.58. The van der Waals surface area contributed by atoms with Crippen LogP contribution in [-0.2, 0) is 4.79 Å². The number of aromatic amines is 2. The SMILES string of the molecule is CC=CNC(CN1CCCC1c1ncc(-c2ccc(-c3ccc4cc(-c5cnc(C6CCCN6C(=O)C(NC(=O)O)C(C)C)[nH]5)ccc4c3)cc2)[nH]1)c1ccccc1. The fourth-order valence-corrected chi connectivity index (χ4v) is 8.62. The highest BCUT2D eigenvalue weighted by molar-refractivity contribution is 5.91. The van der Waals surface area contributed by atoms with Crippen LogP contribution in [0.4, 0.5) is 4.79 Å². The molecular formula is C47H52N8O3. The van der Waals surface area contributed by atoms with Gasteiger partial charge in [0, 0.05) is 18.7 Å². The Kier molecular flexibility index (Phi) is 11.4. The average Bonchev–Trinajstić information content (AvgIpc) is 4.09. The standard InChI is InChI=1S/C47H52N8O3/c1-4-22-48-40(32-10-6-5-7-11-32)29-54-23-8-12-41(54)44-49-27-38(51-44)33-16-14-31(15-17-33)34-18-19-36-26-37(21-20-35(36)25-34)39-28-50-45(52-39)42-13-9-24-55(42)46(56)43(30(2)3)53-47(57)58/h4-7,10-11,14-22,25-28,30,40-43,48,53H,8-9,12-13,23-24,29H2,1-3H3,(H,49,51)(H,50,52)(H,57,58). The fourth-order valence-electron chi connectivity index (χ4n) is 8.62. The number of allylic oxidation sites excluding steroid dienone is 1. The number of nitrogens with zero attached hydrogens (tertiary/aromatic N) is 4. The Labute approximate surface area is 339 Å². The van der Waals surface area contributed by atoms with Crippen molar-refractivity contribution in [3.05, 3.63) is 133 Å². The highest BCUT2D eigenvalue weighted by Gasteiger charge is 2.37. The van der Waals surface area contributed by atoms with Gasteiger partial charge >= 0.3 is 6.09 Å².